The first-order valence-corrected chi connectivity index (χ1v) is 10.9. The molecule has 8 nitrogen and oxygen atoms in total. The molecule has 3 aromatic rings. The lowest BCUT2D eigenvalue weighted by atomic mass is 10.1. The van der Waals surface area contributed by atoms with Gasteiger partial charge in [-0.05, 0) is 24.1 Å². The van der Waals surface area contributed by atoms with E-state index in [1.807, 2.05) is 49.5 Å². The van der Waals surface area contributed by atoms with Crippen LogP contribution >= 0.6 is 0 Å². The van der Waals surface area contributed by atoms with Crippen LogP contribution in [0.25, 0.3) is 0 Å². The van der Waals surface area contributed by atoms with Crippen molar-refractivity contribution in [2.24, 2.45) is 12.8 Å². The normalized spacial score (nSPS) is 15.7. The Hall–Kier alpha value is -3.23. The molecule has 1 saturated heterocycles. The summed E-state index contributed by atoms with van der Waals surface area (Å²) in [7, 11) is 1.71. The summed E-state index contributed by atoms with van der Waals surface area (Å²) in [6.45, 7) is 5.92. The number of nitrogens with zero attached hydrogens (tertiary/aromatic N) is 5. The summed E-state index contributed by atoms with van der Waals surface area (Å²) in [6.07, 6.45) is 3.66. The molecule has 0 unspecified atom stereocenters. The molecule has 32 heavy (non-hydrogen) atoms. The van der Waals surface area contributed by atoms with E-state index in [4.69, 9.17) is 5.73 Å². The van der Waals surface area contributed by atoms with Gasteiger partial charge in [0.15, 0.2) is 0 Å². The molecular formula is C24H30N6O2. The Morgan fingerprint density at radius 1 is 1.03 bits per heavy atom. The molecule has 0 radical (unpaired) electrons. The number of aromatic nitrogens is 3. The van der Waals surface area contributed by atoms with Crippen LogP contribution in [0.4, 0.5) is 5.69 Å². The number of piperazine rings is 1. The number of anilines is 1. The summed E-state index contributed by atoms with van der Waals surface area (Å²) >= 11 is 0. The lowest BCUT2D eigenvalue weighted by molar-refractivity contribution is 0.249. The predicted octanol–water partition coefficient (Wildman–Crippen LogP) is 1.27. The number of nitrogens with two attached hydrogens (primary N) is 1. The van der Waals surface area contributed by atoms with Crippen LogP contribution in [0, 0.1) is 6.92 Å². The first kappa shape index (κ1) is 22.0. The van der Waals surface area contributed by atoms with Crippen LogP contribution in [0.2, 0.25) is 0 Å². The third kappa shape index (κ3) is 4.51. The molecule has 1 aromatic carbocycles. The van der Waals surface area contributed by atoms with Gasteiger partial charge in [0.1, 0.15) is 5.69 Å². The average Bonchev–Trinajstić information content (AvgIpc) is 2.83. The molecule has 2 N–H and O–H groups in total. The van der Waals surface area contributed by atoms with Crippen molar-refractivity contribution in [3.8, 4) is 0 Å². The zero-order valence-corrected chi connectivity index (χ0v) is 18.6. The van der Waals surface area contributed by atoms with Crippen molar-refractivity contribution in [2.45, 2.75) is 26.1 Å². The quantitative estimate of drug-likeness (QED) is 0.629. The van der Waals surface area contributed by atoms with Gasteiger partial charge in [0.2, 0.25) is 0 Å². The molecule has 4 rings (SSSR count). The van der Waals surface area contributed by atoms with Crippen molar-refractivity contribution < 1.29 is 0 Å². The predicted molar refractivity (Wildman–Crippen MR) is 126 cm³/mol. The molecule has 1 atom stereocenters. The second kappa shape index (κ2) is 9.50. The van der Waals surface area contributed by atoms with Crippen LogP contribution in [-0.2, 0) is 20.1 Å². The number of pyridine rings is 1. The van der Waals surface area contributed by atoms with Gasteiger partial charge in [-0.15, -0.1) is 0 Å². The molecule has 0 aliphatic carbocycles. The van der Waals surface area contributed by atoms with Gasteiger partial charge in [-0.2, -0.15) is 0 Å². The highest BCUT2D eigenvalue weighted by molar-refractivity contribution is 5.49. The maximum Gasteiger partial charge on any atom is 0.331 e. The van der Waals surface area contributed by atoms with E-state index in [1.54, 1.807) is 17.8 Å². The summed E-state index contributed by atoms with van der Waals surface area (Å²) in [6, 6.07) is 13.1. The van der Waals surface area contributed by atoms with Crippen molar-refractivity contribution in [1.29, 1.82) is 0 Å². The number of rotatable bonds is 6. The van der Waals surface area contributed by atoms with Crippen molar-refractivity contribution >= 4 is 5.69 Å². The first-order chi connectivity index (χ1) is 15.5. The van der Waals surface area contributed by atoms with E-state index in [-0.39, 0.29) is 17.8 Å². The van der Waals surface area contributed by atoms with Crippen molar-refractivity contribution in [3.05, 3.63) is 92.5 Å². The molecular weight excluding hydrogens is 404 g/mol. The van der Waals surface area contributed by atoms with Crippen molar-refractivity contribution in [3.63, 3.8) is 0 Å². The van der Waals surface area contributed by atoms with Crippen LogP contribution < -0.4 is 21.9 Å². The second-order valence-corrected chi connectivity index (χ2v) is 8.33. The summed E-state index contributed by atoms with van der Waals surface area (Å²) in [5, 5.41) is 0. The van der Waals surface area contributed by atoms with Gasteiger partial charge in [0.05, 0.1) is 6.54 Å². The van der Waals surface area contributed by atoms with Gasteiger partial charge in [-0.25, -0.2) is 4.79 Å². The maximum atomic E-state index is 13.4. The largest absolute Gasteiger partial charge is 0.363 e. The van der Waals surface area contributed by atoms with Crippen LogP contribution in [0.1, 0.15) is 22.9 Å². The number of hydrogen-bond acceptors (Lipinski definition) is 6. The number of hydrogen-bond donors (Lipinski definition) is 1. The molecule has 3 heterocycles. The molecule has 1 fully saturated rings. The van der Waals surface area contributed by atoms with E-state index < -0.39 is 6.04 Å². The van der Waals surface area contributed by atoms with Crippen LogP contribution in [0.5, 0.6) is 0 Å². The molecule has 0 amide bonds. The first-order valence-electron chi connectivity index (χ1n) is 10.9. The van der Waals surface area contributed by atoms with E-state index in [1.165, 1.54) is 10.1 Å². The summed E-state index contributed by atoms with van der Waals surface area (Å²) in [5.74, 6) is 0. The van der Waals surface area contributed by atoms with Gasteiger partial charge in [0.25, 0.3) is 5.56 Å². The Labute approximate surface area is 187 Å². The zero-order chi connectivity index (χ0) is 22.7. The minimum atomic E-state index is -0.437. The fourth-order valence-corrected chi connectivity index (χ4v) is 4.26. The van der Waals surface area contributed by atoms with E-state index in [0.717, 1.165) is 38.3 Å². The lowest BCUT2D eigenvalue weighted by Gasteiger charge is -2.36. The lowest BCUT2D eigenvalue weighted by Crippen LogP contribution is -2.51. The Morgan fingerprint density at radius 2 is 1.75 bits per heavy atom. The summed E-state index contributed by atoms with van der Waals surface area (Å²) < 4.78 is 2.83. The van der Waals surface area contributed by atoms with Crippen LogP contribution in [0.15, 0.2) is 64.4 Å². The summed E-state index contributed by atoms with van der Waals surface area (Å²) in [5.41, 5.74) is 9.09. The van der Waals surface area contributed by atoms with E-state index in [9.17, 15) is 9.59 Å². The standard InChI is InChI=1S/C24H30N6O2/c1-18-22(29-13-11-28(12-14-29)16-19-7-6-10-26-15-19)23(31)30(24(32)27(18)2)17-21(25)20-8-4-3-5-9-20/h3-10,15,21H,11-14,16-17,25H2,1-2H3/t21-/m1/s1. The Morgan fingerprint density at radius 3 is 2.41 bits per heavy atom. The molecule has 1 aliphatic heterocycles. The fraction of sp³-hybridized carbons (Fsp3) is 0.375. The molecule has 8 heteroatoms. The Bertz CT molecular complexity index is 1160. The second-order valence-electron chi connectivity index (χ2n) is 8.33. The van der Waals surface area contributed by atoms with Crippen LogP contribution in [0.3, 0.4) is 0 Å². The highest BCUT2D eigenvalue weighted by Gasteiger charge is 2.25. The SMILES string of the molecule is Cc1c(N2CCN(Cc3cccnc3)CC2)c(=O)n(C[C@@H](N)c2ccccc2)c(=O)n1C. The minimum absolute atomic E-state index is 0.143. The van der Waals surface area contributed by atoms with Crippen molar-refractivity contribution in [1.82, 2.24) is 19.0 Å². The summed E-state index contributed by atoms with van der Waals surface area (Å²) in [4.78, 5) is 35.0. The third-order valence-electron chi connectivity index (χ3n) is 6.24. The Balaban J connectivity index is 1.55. The monoisotopic (exact) mass is 434 g/mol. The maximum absolute atomic E-state index is 13.4. The highest BCUT2D eigenvalue weighted by Crippen LogP contribution is 2.18. The van der Waals surface area contributed by atoms with E-state index in [2.05, 4.69) is 20.9 Å². The fourth-order valence-electron chi connectivity index (χ4n) is 4.26. The van der Waals surface area contributed by atoms with Gasteiger partial charge in [0, 0.05) is 63.9 Å². The topological polar surface area (TPSA) is 89.4 Å². The van der Waals surface area contributed by atoms with E-state index in [0.29, 0.717) is 11.4 Å². The molecule has 168 valence electrons. The average molecular weight is 435 g/mol. The van der Waals surface area contributed by atoms with Crippen molar-refractivity contribution in [2.75, 3.05) is 31.1 Å². The number of benzene rings is 1. The smallest absolute Gasteiger partial charge is 0.331 e. The van der Waals surface area contributed by atoms with Gasteiger partial charge in [-0.1, -0.05) is 36.4 Å². The van der Waals surface area contributed by atoms with Gasteiger partial charge < -0.3 is 10.6 Å². The molecule has 2 aromatic heterocycles. The minimum Gasteiger partial charge on any atom is -0.363 e. The molecule has 0 spiro atoms. The van der Waals surface area contributed by atoms with Crippen LogP contribution in [-0.4, -0.2) is 45.2 Å². The Kier molecular flexibility index (Phi) is 6.53. The highest BCUT2D eigenvalue weighted by atomic mass is 16.2. The zero-order valence-electron chi connectivity index (χ0n) is 18.6. The molecule has 0 bridgehead atoms. The van der Waals surface area contributed by atoms with Gasteiger partial charge >= 0.3 is 5.69 Å². The van der Waals surface area contributed by atoms with E-state index >= 15 is 0 Å². The third-order valence-corrected chi connectivity index (χ3v) is 6.24. The van der Waals surface area contributed by atoms with Gasteiger partial charge in [-0.3, -0.25) is 23.8 Å². The molecule has 0 saturated carbocycles. The molecule has 1 aliphatic rings.